The van der Waals surface area contributed by atoms with E-state index in [2.05, 4.69) is 16.4 Å². The minimum Gasteiger partial charge on any atom is -0.489 e. The number of carbonyl (C=O) groups excluding carboxylic acids is 2. The van der Waals surface area contributed by atoms with Crippen LogP contribution < -0.4 is 10.1 Å². The summed E-state index contributed by atoms with van der Waals surface area (Å²) in [4.78, 5) is 24.1. The fourth-order valence-electron chi connectivity index (χ4n) is 2.02. The Morgan fingerprint density at radius 1 is 1.10 bits per heavy atom. The number of anilines is 1. The predicted molar refractivity (Wildman–Crippen MR) is 74.7 cm³/mol. The molecule has 0 fully saturated rings. The van der Waals surface area contributed by atoms with E-state index >= 15 is 0 Å². The second-order valence-electron chi connectivity index (χ2n) is 4.30. The summed E-state index contributed by atoms with van der Waals surface area (Å²) in [5.74, 6) is -0.0492. The molecule has 1 aromatic heterocycles. The highest BCUT2D eigenvalue weighted by Gasteiger charge is 2.28. The minimum atomic E-state index is -0.554. The maximum absolute atomic E-state index is 10.8. The predicted octanol–water partition coefficient (Wildman–Crippen LogP) is 2.24. The van der Waals surface area contributed by atoms with Gasteiger partial charge >= 0.3 is 0 Å². The minimum absolute atomic E-state index is 0.366. The average Bonchev–Trinajstić information content (AvgIpc) is 3.04. The van der Waals surface area contributed by atoms with Crippen LogP contribution in [-0.2, 0) is 4.79 Å². The van der Waals surface area contributed by atoms with Crippen molar-refractivity contribution in [3.05, 3.63) is 53.9 Å². The number of ether oxygens (including phenoxy) is 1. The Kier molecular flexibility index (Phi) is 3.09. The molecule has 0 atom stereocenters. The van der Waals surface area contributed by atoms with Crippen LogP contribution in [0.4, 0.5) is 5.69 Å². The highest BCUT2D eigenvalue weighted by molar-refractivity contribution is 6.51. The van der Waals surface area contributed by atoms with E-state index < -0.39 is 11.7 Å². The van der Waals surface area contributed by atoms with Crippen LogP contribution in [0.15, 0.2) is 42.6 Å². The van der Waals surface area contributed by atoms with Crippen LogP contribution in [0.1, 0.15) is 16.1 Å². The molecular formula is C15H12N2O3. The molecule has 20 heavy (non-hydrogen) atoms. The van der Waals surface area contributed by atoms with Crippen LogP contribution in [-0.4, -0.2) is 23.3 Å². The molecular weight excluding hydrogens is 256 g/mol. The summed E-state index contributed by atoms with van der Waals surface area (Å²) in [5, 5.41) is 2.41. The van der Waals surface area contributed by atoms with Crippen molar-refractivity contribution in [1.82, 2.24) is 4.98 Å². The van der Waals surface area contributed by atoms with E-state index in [0.29, 0.717) is 18.0 Å². The van der Waals surface area contributed by atoms with Gasteiger partial charge < -0.3 is 15.0 Å². The molecule has 2 aromatic rings. The number of aromatic nitrogens is 1. The van der Waals surface area contributed by atoms with Crippen LogP contribution in [0.2, 0.25) is 0 Å². The SMILES string of the molecule is C1=Cc2ccccc2OC1.O=C1Nc2cc[nH]c2C1=O. The molecule has 3 heterocycles. The first-order valence-corrected chi connectivity index (χ1v) is 6.17. The quantitative estimate of drug-likeness (QED) is 0.720. The first-order valence-electron chi connectivity index (χ1n) is 6.17. The van der Waals surface area contributed by atoms with Gasteiger partial charge in [0.1, 0.15) is 18.1 Å². The fraction of sp³-hybridized carbons (Fsp3) is 0.0667. The number of aromatic amines is 1. The molecule has 0 saturated heterocycles. The summed E-state index contributed by atoms with van der Waals surface area (Å²) in [6.07, 6.45) is 5.71. The maximum Gasteiger partial charge on any atom is 0.298 e. The van der Waals surface area contributed by atoms with E-state index in [9.17, 15) is 9.59 Å². The Morgan fingerprint density at radius 2 is 1.95 bits per heavy atom. The Labute approximate surface area is 115 Å². The molecule has 0 saturated carbocycles. The number of fused-ring (bicyclic) bond motifs is 2. The third kappa shape index (κ3) is 2.21. The molecule has 0 spiro atoms. The largest absolute Gasteiger partial charge is 0.489 e. The molecule has 0 aliphatic carbocycles. The van der Waals surface area contributed by atoms with Gasteiger partial charge in [0.15, 0.2) is 0 Å². The van der Waals surface area contributed by atoms with Gasteiger partial charge in [-0.25, -0.2) is 0 Å². The zero-order chi connectivity index (χ0) is 13.9. The van der Waals surface area contributed by atoms with E-state index in [0.717, 1.165) is 5.75 Å². The molecule has 5 nitrogen and oxygen atoms in total. The van der Waals surface area contributed by atoms with Gasteiger partial charge in [-0.15, -0.1) is 0 Å². The number of amides is 1. The maximum atomic E-state index is 10.8. The van der Waals surface area contributed by atoms with Gasteiger partial charge in [-0.05, 0) is 18.2 Å². The highest BCUT2D eigenvalue weighted by atomic mass is 16.5. The molecule has 0 unspecified atom stereocenters. The van der Waals surface area contributed by atoms with Crippen molar-refractivity contribution >= 4 is 23.5 Å². The second kappa shape index (κ2) is 5.05. The van der Waals surface area contributed by atoms with E-state index in [1.165, 1.54) is 5.56 Å². The van der Waals surface area contributed by atoms with Gasteiger partial charge in [-0.3, -0.25) is 9.59 Å². The number of H-pyrrole nitrogens is 1. The average molecular weight is 268 g/mol. The summed E-state index contributed by atoms with van der Waals surface area (Å²) < 4.78 is 5.34. The molecule has 100 valence electrons. The summed E-state index contributed by atoms with van der Waals surface area (Å²) in [6, 6.07) is 9.68. The smallest absolute Gasteiger partial charge is 0.298 e. The summed E-state index contributed by atoms with van der Waals surface area (Å²) in [6.45, 7) is 0.705. The lowest BCUT2D eigenvalue weighted by atomic mass is 10.1. The van der Waals surface area contributed by atoms with E-state index in [1.54, 1.807) is 12.3 Å². The summed E-state index contributed by atoms with van der Waals surface area (Å²) in [7, 11) is 0. The Balaban J connectivity index is 0.000000121. The second-order valence-corrected chi connectivity index (χ2v) is 4.30. The number of carbonyl (C=O) groups is 2. The van der Waals surface area contributed by atoms with E-state index in [1.807, 2.05) is 30.3 Å². The first kappa shape index (κ1) is 12.2. The molecule has 4 rings (SSSR count). The van der Waals surface area contributed by atoms with E-state index in [4.69, 9.17) is 4.74 Å². The number of hydrogen-bond acceptors (Lipinski definition) is 3. The van der Waals surface area contributed by atoms with Crippen molar-refractivity contribution in [3.63, 3.8) is 0 Å². The standard InChI is InChI=1S/C9H8O.C6H4N2O2/c1-2-6-9-8(4-1)5-3-7-10-9;9-5-4-3(1-2-7-4)8-6(5)10/h1-6H,7H2;1-2,7H,(H,8,9,10). The molecule has 0 radical (unpaired) electrons. The summed E-state index contributed by atoms with van der Waals surface area (Å²) >= 11 is 0. The van der Waals surface area contributed by atoms with Crippen LogP contribution in [0.5, 0.6) is 5.75 Å². The molecule has 0 bridgehead atoms. The van der Waals surface area contributed by atoms with Crippen molar-refractivity contribution in [3.8, 4) is 5.75 Å². The zero-order valence-corrected chi connectivity index (χ0v) is 10.6. The Morgan fingerprint density at radius 3 is 2.75 bits per heavy atom. The van der Waals surface area contributed by atoms with Gasteiger partial charge in [-0.2, -0.15) is 0 Å². The van der Waals surface area contributed by atoms with Crippen LogP contribution in [0.25, 0.3) is 6.08 Å². The lowest BCUT2D eigenvalue weighted by molar-refractivity contribution is -0.112. The lowest BCUT2D eigenvalue weighted by Gasteiger charge is -2.10. The number of Topliss-reactive ketones (excluding diaryl/α,β-unsaturated/α-hetero) is 1. The Bertz CT molecular complexity index is 701. The number of rotatable bonds is 0. The normalized spacial score (nSPS) is 14.6. The highest BCUT2D eigenvalue weighted by Crippen LogP contribution is 2.22. The molecule has 5 heteroatoms. The number of ketones is 1. The zero-order valence-electron chi connectivity index (χ0n) is 10.6. The third-order valence-electron chi connectivity index (χ3n) is 2.98. The van der Waals surface area contributed by atoms with Gasteiger partial charge in [0.25, 0.3) is 11.7 Å². The monoisotopic (exact) mass is 268 g/mol. The van der Waals surface area contributed by atoms with Gasteiger partial charge in [0.2, 0.25) is 0 Å². The first-order chi connectivity index (χ1) is 9.75. The van der Waals surface area contributed by atoms with Crippen molar-refractivity contribution in [1.29, 1.82) is 0 Å². The Hall–Kier alpha value is -2.82. The van der Waals surface area contributed by atoms with E-state index in [-0.39, 0.29) is 0 Å². The number of hydrogen-bond donors (Lipinski definition) is 2. The van der Waals surface area contributed by atoms with Gasteiger partial charge in [0, 0.05) is 11.8 Å². The number of nitrogens with one attached hydrogen (secondary N) is 2. The molecule has 2 aliphatic rings. The van der Waals surface area contributed by atoms with Crippen molar-refractivity contribution in [2.24, 2.45) is 0 Å². The molecule has 1 amide bonds. The van der Waals surface area contributed by atoms with Gasteiger partial charge in [-0.1, -0.05) is 24.3 Å². The fourth-order valence-corrected chi connectivity index (χ4v) is 2.02. The number of benzene rings is 1. The molecule has 2 N–H and O–H groups in total. The van der Waals surface area contributed by atoms with Crippen molar-refractivity contribution < 1.29 is 14.3 Å². The topological polar surface area (TPSA) is 71.2 Å². The van der Waals surface area contributed by atoms with Gasteiger partial charge in [0.05, 0.1) is 5.69 Å². The van der Waals surface area contributed by atoms with Crippen LogP contribution in [0.3, 0.4) is 0 Å². The number of para-hydroxylation sites is 1. The lowest BCUT2D eigenvalue weighted by Crippen LogP contribution is -2.13. The summed E-state index contributed by atoms with van der Waals surface area (Å²) in [5.41, 5.74) is 2.12. The molecule has 1 aromatic carbocycles. The van der Waals surface area contributed by atoms with Crippen LogP contribution >= 0.6 is 0 Å². The molecule has 2 aliphatic heterocycles. The third-order valence-corrected chi connectivity index (χ3v) is 2.98. The van der Waals surface area contributed by atoms with Crippen LogP contribution in [0, 0.1) is 0 Å². The van der Waals surface area contributed by atoms with Crippen molar-refractivity contribution in [2.75, 3.05) is 11.9 Å². The van der Waals surface area contributed by atoms with Crippen molar-refractivity contribution in [2.45, 2.75) is 0 Å².